The highest BCUT2D eigenvalue weighted by Gasteiger charge is 2.64. The number of carbonyl (C=O) groups is 1. The monoisotopic (exact) mass is 378 g/mol. The topological polar surface area (TPSA) is 59.9 Å². The minimum atomic E-state index is 0.0486. The smallest absolute Gasteiger partial charge is 0.244 e. The summed E-state index contributed by atoms with van der Waals surface area (Å²) in [5.74, 6) is 2.13. The minimum absolute atomic E-state index is 0.0486. The van der Waals surface area contributed by atoms with Gasteiger partial charge < -0.3 is 9.47 Å². The molecule has 23 heavy (non-hydrogen) atoms. The van der Waals surface area contributed by atoms with Crippen LogP contribution >= 0.6 is 15.9 Å². The number of hydrazone groups is 1. The summed E-state index contributed by atoms with van der Waals surface area (Å²) in [4.78, 5) is 12.4. The molecule has 1 amide bonds. The third-order valence-corrected chi connectivity index (χ3v) is 6.17. The van der Waals surface area contributed by atoms with Gasteiger partial charge in [0.25, 0.3) is 0 Å². The van der Waals surface area contributed by atoms with Crippen LogP contribution < -0.4 is 14.9 Å². The summed E-state index contributed by atoms with van der Waals surface area (Å²) in [6.45, 7) is 2.47. The SMILES string of the molecule is C[C@@]12CCCCC1C2C(=O)NN=Cc1cc2c(cc1Br)OCO2. The number of benzene rings is 1. The second-order valence-electron chi connectivity index (χ2n) is 6.80. The Morgan fingerprint density at radius 3 is 2.91 bits per heavy atom. The summed E-state index contributed by atoms with van der Waals surface area (Å²) in [5, 5.41) is 4.13. The molecule has 0 spiro atoms. The first kappa shape index (κ1) is 15.0. The van der Waals surface area contributed by atoms with E-state index in [1.165, 1.54) is 19.3 Å². The number of amides is 1. The van der Waals surface area contributed by atoms with Crippen LogP contribution in [0.1, 0.15) is 38.2 Å². The van der Waals surface area contributed by atoms with E-state index in [-0.39, 0.29) is 24.0 Å². The lowest BCUT2D eigenvalue weighted by atomic mass is 9.90. The number of nitrogens with one attached hydrogen (secondary N) is 1. The first-order valence-electron chi connectivity index (χ1n) is 8.02. The zero-order chi connectivity index (χ0) is 16.0. The van der Waals surface area contributed by atoms with Gasteiger partial charge in [0, 0.05) is 16.0 Å². The summed E-state index contributed by atoms with van der Waals surface area (Å²) in [6.07, 6.45) is 6.46. The Morgan fingerprint density at radius 2 is 2.17 bits per heavy atom. The molecule has 0 saturated heterocycles. The van der Waals surface area contributed by atoms with Crippen LogP contribution in [-0.4, -0.2) is 18.9 Å². The molecule has 5 nitrogen and oxygen atoms in total. The van der Waals surface area contributed by atoms with Gasteiger partial charge in [-0.3, -0.25) is 4.79 Å². The maximum Gasteiger partial charge on any atom is 0.244 e. The van der Waals surface area contributed by atoms with Crippen molar-refractivity contribution in [1.29, 1.82) is 0 Å². The van der Waals surface area contributed by atoms with Crippen LogP contribution in [0.5, 0.6) is 11.5 Å². The zero-order valence-electron chi connectivity index (χ0n) is 13.0. The van der Waals surface area contributed by atoms with Crippen molar-refractivity contribution >= 4 is 28.1 Å². The van der Waals surface area contributed by atoms with E-state index >= 15 is 0 Å². The van der Waals surface area contributed by atoms with Gasteiger partial charge in [-0.15, -0.1) is 0 Å². The summed E-state index contributed by atoms with van der Waals surface area (Å²) in [7, 11) is 0. The average molecular weight is 379 g/mol. The van der Waals surface area contributed by atoms with Crippen molar-refractivity contribution in [3.05, 3.63) is 22.2 Å². The zero-order valence-corrected chi connectivity index (χ0v) is 14.6. The number of nitrogens with zero attached hydrogens (tertiary/aromatic N) is 1. The number of carbonyl (C=O) groups excluding carboxylic acids is 1. The molecule has 4 rings (SSSR count). The van der Waals surface area contributed by atoms with Gasteiger partial charge >= 0.3 is 0 Å². The lowest BCUT2D eigenvalue weighted by Crippen LogP contribution is -2.22. The third kappa shape index (κ3) is 2.53. The van der Waals surface area contributed by atoms with Gasteiger partial charge in [0.15, 0.2) is 11.5 Å². The number of ether oxygens (including phenoxy) is 2. The third-order valence-electron chi connectivity index (χ3n) is 5.48. The Labute approximate surface area is 143 Å². The van der Waals surface area contributed by atoms with Gasteiger partial charge in [-0.25, -0.2) is 5.43 Å². The van der Waals surface area contributed by atoms with Crippen LogP contribution in [0.15, 0.2) is 21.7 Å². The molecular formula is C17H19BrN2O3. The summed E-state index contributed by atoms with van der Waals surface area (Å²) >= 11 is 3.48. The van der Waals surface area contributed by atoms with Crippen LogP contribution in [0.4, 0.5) is 0 Å². The Balaban J connectivity index is 1.41. The lowest BCUT2D eigenvalue weighted by Gasteiger charge is -2.15. The normalized spacial score (nSPS) is 31.0. The molecule has 0 bridgehead atoms. The molecule has 3 atom stereocenters. The number of fused-ring (bicyclic) bond motifs is 2. The number of hydrogen-bond donors (Lipinski definition) is 1. The fraction of sp³-hybridized carbons (Fsp3) is 0.529. The van der Waals surface area contributed by atoms with E-state index < -0.39 is 0 Å². The maximum atomic E-state index is 12.4. The lowest BCUT2D eigenvalue weighted by molar-refractivity contribution is -0.123. The Bertz CT molecular complexity index is 691. The molecule has 1 N–H and O–H groups in total. The predicted molar refractivity (Wildman–Crippen MR) is 89.6 cm³/mol. The van der Waals surface area contributed by atoms with Gasteiger partial charge in [0.05, 0.1) is 6.21 Å². The van der Waals surface area contributed by atoms with E-state index in [2.05, 4.69) is 33.4 Å². The Hall–Kier alpha value is -1.56. The van der Waals surface area contributed by atoms with Crippen molar-refractivity contribution in [1.82, 2.24) is 5.43 Å². The van der Waals surface area contributed by atoms with E-state index in [1.54, 1.807) is 6.21 Å². The van der Waals surface area contributed by atoms with Crippen molar-refractivity contribution in [3.63, 3.8) is 0 Å². The van der Waals surface area contributed by atoms with E-state index in [1.807, 2.05) is 12.1 Å². The predicted octanol–water partition coefficient (Wildman–Crippen LogP) is 3.45. The highest BCUT2D eigenvalue weighted by molar-refractivity contribution is 9.10. The van der Waals surface area contributed by atoms with Crippen LogP contribution in [-0.2, 0) is 4.79 Å². The number of hydrogen-bond acceptors (Lipinski definition) is 4. The van der Waals surface area contributed by atoms with Gasteiger partial charge in [0.1, 0.15) is 0 Å². The summed E-state index contributed by atoms with van der Waals surface area (Å²) in [6, 6.07) is 3.70. The second-order valence-corrected chi connectivity index (χ2v) is 7.65. The van der Waals surface area contributed by atoms with Crippen LogP contribution in [0.25, 0.3) is 0 Å². The van der Waals surface area contributed by atoms with Gasteiger partial charge in [-0.1, -0.05) is 19.8 Å². The fourth-order valence-corrected chi connectivity index (χ4v) is 4.54. The standard InChI is InChI=1S/C17H19BrN2O3/c1-17-5-3-2-4-11(17)15(17)16(21)20-19-8-10-6-13-14(7-12(10)18)23-9-22-13/h6-8,11,15H,2-5,9H2,1H3,(H,20,21)/t11?,15?,17-/m1/s1. The molecule has 1 heterocycles. The molecule has 0 aromatic heterocycles. The summed E-state index contributed by atoms with van der Waals surface area (Å²) < 4.78 is 11.5. The molecule has 2 saturated carbocycles. The first-order valence-corrected chi connectivity index (χ1v) is 8.81. The Morgan fingerprint density at radius 1 is 1.39 bits per heavy atom. The highest BCUT2D eigenvalue weighted by atomic mass is 79.9. The second kappa shape index (κ2) is 5.51. The van der Waals surface area contributed by atoms with Crippen molar-refractivity contribution < 1.29 is 14.3 Å². The highest BCUT2D eigenvalue weighted by Crippen LogP contribution is 2.66. The Kier molecular flexibility index (Phi) is 3.59. The van der Waals surface area contributed by atoms with E-state index in [9.17, 15) is 4.79 Å². The molecule has 0 radical (unpaired) electrons. The fourth-order valence-electron chi connectivity index (χ4n) is 4.12. The average Bonchev–Trinajstić information content (AvgIpc) is 2.91. The van der Waals surface area contributed by atoms with E-state index in [0.29, 0.717) is 17.4 Å². The molecule has 1 aromatic carbocycles. The largest absolute Gasteiger partial charge is 0.454 e. The molecule has 2 aliphatic carbocycles. The number of rotatable bonds is 3. The summed E-state index contributed by atoms with van der Waals surface area (Å²) in [5.41, 5.74) is 3.75. The van der Waals surface area contributed by atoms with Gasteiger partial charge in [-0.2, -0.15) is 5.10 Å². The minimum Gasteiger partial charge on any atom is -0.454 e. The molecular weight excluding hydrogens is 360 g/mol. The van der Waals surface area contributed by atoms with Crippen molar-refractivity contribution in [2.45, 2.75) is 32.6 Å². The van der Waals surface area contributed by atoms with E-state index in [0.717, 1.165) is 16.5 Å². The first-order chi connectivity index (χ1) is 11.1. The van der Waals surface area contributed by atoms with Crippen molar-refractivity contribution in [2.75, 3.05) is 6.79 Å². The molecule has 122 valence electrons. The molecule has 2 fully saturated rings. The van der Waals surface area contributed by atoms with Gasteiger partial charge in [-0.05, 0) is 52.2 Å². The molecule has 3 aliphatic rings. The van der Waals surface area contributed by atoms with E-state index in [4.69, 9.17) is 9.47 Å². The van der Waals surface area contributed by atoms with Crippen LogP contribution in [0, 0.1) is 17.3 Å². The van der Waals surface area contributed by atoms with Crippen LogP contribution in [0.2, 0.25) is 0 Å². The number of halogens is 1. The van der Waals surface area contributed by atoms with Gasteiger partial charge in [0.2, 0.25) is 12.7 Å². The molecule has 1 aromatic rings. The maximum absolute atomic E-state index is 12.4. The quantitative estimate of drug-likeness (QED) is 0.647. The molecule has 1 aliphatic heterocycles. The van der Waals surface area contributed by atoms with Crippen molar-refractivity contribution in [2.24, 2.45) is 22.4 Å². The van der Waals surface area contributed by atoms with Crippen molar-refractivity contribution in [3.8, 4) is 11.5 Å². The molecule has 2 unspecified atom stereocenters. The van der Waals surface area contributed by atoms with Crippen LogP contribution in [0.3, 0.4) is 0 Å². The molecule has 6 heteroatoms.